The summed E-state index contributed by atoms with van der Waals surface area (Å²) < 4.78 is 12.7. The number of carbonyl (C=O) groups is 1. The molecule has 0 radical (unpaired) electrons. The second kappa shape index (κ2) is 5.61. The van der Waals surface area contributed by atoms with Crippen LogP contribution in [0.5, 0.6) is 0 Å². The topological polar surface area (TPSA) is 55.1 Å². The van der Waals surface area contributed by atoms with Gasteiger partial charge in [0.1, 0.15) is 5.82 Å². The van der Waals surface area contributed by atoms with Gasteiger partial charge in [0.05, 0.1) is 6.04 Å². The van der Waals surface area contributed by atoms with Crippen LogP contribution < -0.4 is 11.1 Å². The Hall–Kier alpha value is -1.42. The zero-order valence-corrected chi connectivity index (χ0v) is 9.53. The van der Waals surface area contributed by atoms with Crippen molar-refractivity contribution >= 4 is 5.91 Å². The van der Waals surface area contributed by atoms with Crippen molar-refractivity contribution in [2.24, 2.45) is 5.73 Å². The average Bonchev–Trinajstić information content (AvgIpc) is 2.16. The Balaban J connectivity index is 2.55. The Morgan fingerprint density at radius 1 is 1.38 bits per heavy atom. The molecule has 4 heteroatoms. The van der Waals surface area contributed by atoms with E-state index in [9.17, 15) is 9.18 Å². The summed E-state index contributed by atoms with van der Waals surface area (Å²) in [6.45, 7) is 3.63. The van der Waals surface area contributed by atoms with Gasteiger partial charge < -0.3 is 11.1 Å². The van der Waals surface area contributed by atoms with Gasteiger partial charge in [0, 0.05) is 12.5 Å². The highest BCUT2D eigenvalue weighted by Gasteiger charge is 2.10. The fourth-order valence-electron chi connectivity index (χ4n) is 1.43. The lowest BCUT2D eigenvalue weighted by atomic mass is 10.1. The third-order valence-electron chi connectivity index (χ3n) is 2.25. The highest BCUT2D eigenvalue weighted by atomic mass is 19.1. The van der Waals surface area contributed by atoms with Crippen molar-refractivity contribution in [2.45, 2.75) is 32.4 Å². The molecule has 3 nitrogen and oxygen atoms in total. The molecule has 1 unspecified atom stereocenters. The lowest BCUT2D eigenvalue weighted by molar-refractivity contribution is -0.122. The van der Waals surface area contributed by atoms with E-state index < -0.39 is 0 Å². The van der Waals surface area contributed by atoms with Gasteiger partial charge >= 0.3 is 0 Å². The summed E-state index contributed by atoms with van der Waals surface area (Å²) >= 11 is 0. The first-order chi connectivity index (χ1) is 7.49. The van der Waals surface area contributed by atoms with Crippen LogP contribution in [0, 0.1) is 5.82 Å². The second-order valence-electron chi connectivity index (χ2n) is 4.02. The second-order valence-corrected chi connectivity index (χ2v) is 4.02. The van der Waals surface area contributed by atoms with Gasteiger partial charge in [0.25, 0.3) is 0 Å². The van der Waals surface area contributed by atoms with E-state index in [1.54, 1.807) is 19.1 Å². The number of carbonyl (C=O) groups excluding carboxylic acids is 1. The van der Waals surface area contributed by atoms with Crippen LogP contribution >= 0.6 is 0 Å². The number of amides is 1. The highest BCUT2D eigenvalue weighted by molar-refractivity contribution is 5.76. The fraction of sp³-hybridized carbons (Fsp3) is 0.417. The Kier molecular flexibility index (Phi) is 4.43. The van der Waals surface area contributed by atoms with Crippen molar-refractivity contribution in [3.05, 3.63) is 35.6 Å². The van der Waals surface area contributed by atoms with Gasteiger partial charge in [0.15, 0.2) is 0 Å². The average molecular weight is 224 g/mol. The van der Waals surface area contributed by atoms with Crippen LogP contribution in [0.4, 0.5) is 4.39 Å². The molecule has 0 aromatic heterocycles. The van der Waals surface area contributed by atoms with Gasteiger partial charge in [-0.1, -0.05) is 12.1 Å². The van der Waals surface area contributed by atoms with Crippen LogP contribution in [0.2, 0.25) is 0 Å². The lowest BCUT2D eigenvalue weighted by Crippen LogP contribution is -2.31. The molecule has 16 heavy (non-hydrogen) atoms. The van der Waals surface area contributed by atoms with Crippen molar-refractivity contribution in [3.63, 3.8) is 0 Å². The molecule has 0 aliphatic carbocycles. The van der Waals surface area contributed by atoms with Gasteiger partial charge in [-0.15, -0.1) is 0 Å². The minimum atomic E-state index is -0.280. The van der Waals surface area contributed by atoms with Crippen LogP contribution in [0.1, 0.15) is 31.9 Å². The van der Waals surface area contributed by atoms with E-state index in [0.29, 0.717) is 6.42 Å². The quantitative estimate of drug-likeness (QED) is 0.818. The molecule has 1 aromatic carbocycles. The van der Waals surface area contributed by atoms with Crippen LogP contribution in [0.25, 0.3) is 0 Å². The van der Waals surface area contributed by atoms with Crippen molar-refractivity contribution in [1.82, 2.24) is 5.32 Å². The molecule has 0 aliphatic rings. The van der Waals surface area contributed by atoms with Crippen molar-refractivity contribution in [2.75, 3.05) is 0 Å². The number of nitrogens with two attached hydrogens (primary N) is 1. The maximum atomic E-state index is 12.7. The fourth-order valence-corrected chi connectivity index (χ4v) is 1.43. The molecule has 0 fully saturated rings. The number of rotatable bonds is 4. The van der Waals surface area contributed by atoms with Crippen LogP contribution in [-0.4, -0.2) is 11.9 Å². The molecular formula is C12H17FN2O. The third-order valence-corrected chi connectivity index (χ3v) is 2.25. The molecule has 88 valence electrons. The Morgan fingerprint density at radius 3 is 2.44 bits per heavy atom. The largest absolute Gasteiger partial charge is 0.350 e. The van der Waals surface area contributed by atoms with E-state index in [-0.39, 0.29) is 23.8 Å². The van der Waals surface area contributed by atoms with E-state index in [0.717, 1.165) is 5.56 Å². The minimum Gasteiger partial charge on any atom is -0.350 e. The number of hydrogen-bond donors (Lipinski definition) is 2. The normalized spacial score (nSPS) is 14.2. The maximum Gasteiger partial charge on any atom is 0.222 e. The predicted octanol–water partition coefficient (Wildman–Crippen LogP) is 1.74. The molecule has 2 atom stereocenters. The van der Waals surface area contributed by atoms with Gasteiger partial charge in [-0.3, -0.25) is 4.79 Å². The molecule has 0 saturated heterocycles. The van der Waals surface area contributed by atoms with E-state index in [1.165, 1.54) is 12.1 Å². The van der Waals surface area contributed by atoms with Crippen molar-refractivity contribution in [1.29, 1.82) is 0 Å². The molecule has 0 saturated carbocycles. The summed E-state index contributed by atoms with van der Waals surface area (Å²) in [6, 6.07) is 5.79. The molecule has 1 rings (SSSR count). The number of benzene rings is 1. The van der Waals surface area contributed by atoms with E-state index >= 15 is 0 Å². The molecule has 0 spiro atoms. The van der Waals surface area contributed by atoms with Gasteiger partial charge in [-0.25, -0.2) is 4.39 Å². The summed E-state index contributed by atoms with van der Waals surface area (Å²) in [4.78, 5) is 11.4. The van der Waals surface area contributed by atoms with Gasteiger partial charge in [0.2, 0.25) is 5.91 Å². The zero-order valence-electron chi connectivity index (χ0n) is 9.53. The Bertz CT molecular complexity index is 349. The predicted molar refractivity (Wildman–Crippen MR) is 61.2 cm³/mol. The number of nitrogens with one attached hydrogen (secondary N) is 1. The summed E-state index contributed by atoms with van der Waals surface area (Å²) in [7, 11) is 0. The van der Waals surface area contributed by atoms with Crippen LogP contribution in [-0.2, 0) is 4.79 Å². The maximum absolute atomic E-state index is 12.7. The van der Waals surface area contributed by atoms with Crippen molar-refractivity contribution < 1.29 is 9.18 Å². The summed E-state index contributed by atoms with van der Waals surface area (Å²) in [5.41, 5.74) is 6.39. The molecule has 0 bridgehead atoms. The Morgan fingerprint density at radius 2 is 1.94 bits per heavy atom. The molecule has 1 amide bonds. The monoisotopic (exact) mass is 224 g/mol. The first-order valence-corrected chi connectivity index (χ1v) is 5.29. The molecule has 0 heterocycles. The number of hydrogen-bond acceptors (Lipinski definition) is 2. The molecular weight excluding hydrogens is 207 g/mol. The molecule has 1 aromatic rings. The van der Waals surface area contributed by atoms with Crippen molar-refractivity contribution in [3.8, 4) is 0 Å². The number of halogens is 1. The standard InChI is InChI=1S/C12H17FN2O/c1-8(14)7-12(16)15-9(2)10-3-5-11(13)6-4-10/h3-6,8-9H,7,14H2,1-2H3,(H,15,16)/t8?,9-/m0/s1. The highest BCUT2D eigenvalue weighted by Crippen LogP contribution is 2.12. The molecule has 0 aliphatic heterocycles. The molecule has 3 N–H and O–H groups in total. The SMILES string of the molecule is CC(N)CC(=O)N[C@@H](C)c1ccc(F)cc1. The van der Waals surface area contributed by atoms with Gasteiger partial charge in [-0.2, -0.15) is 0 Å². The van der Waals surface area contributed by atoms with Gasteiger partial charge in [-0.05, 0) is 31.5 Å². The first kappa shape index (κ1) is 12.6. The minimum absolute atomic E-state index is 0.0909. The van der Waals surface area contributed by atoms with Crippen LogP contribution in [0.15, 0.2) is 24.3 Å². The lowest BCUT2D eigenvalue weighted by Gasteiger charge is -2.15. The smallest absolute Gasteiger partial charge is 0.222 e. The van der Waals surface area contributed by atoms with E-state index in [4.69, 9.17) is 5.73 Å². The Labute approximate surface area is 94.8 Å². The summed E-state index contributed by atoms with van der Waals surface area (Å²) in [6.07, 6.45) is 0.297. The first-order valence-electron chi connectivity index (χ1n) is 5.29. The summed E-state index contributed by atoms with van der Waals surface area (Å²) in [5, 5.41) is 2.81. The van der Waals surface area contributed by atoms with E-state index in [1.807, 2.05) is 6.92 Å². The third kappa shape index (κ3) is 3.98. The van der Waals surface area contributed by atoms with E-state index in [2.05, 4.69) is 5.32 Å². The van der Waals surface area contributed by atoms with Crippen LogP contribution in [0.3, 0.4) is 0 Å². The summed E-state index contributed by atoms with van der Waals surface area (Å²) in [5.74, 6) is -0.371. The zero-order chi connectivity index (χ0) is 12.1.